The Kier molecular flexibility index (Phi) is 2.08. The maximum absolute atomic E-state index is 12.1. The molecule has 0 aliphatic carbocycles. The number of thiazole rings is 1. The van der Waals surface area contributed by atoms with Gasteiger partial charge in [-0.05, 0) is 18.2 Å². The van der Waals surface area contributed by atoms with E-state index in [2.05, 4.69) is 4.98 Å². The summed E-state index contributed by atoms with van der Waals surface area (Å²) < 4.78 is 1.67. The summed E-state index contributed by atoms with van der Waals surface area (Å²) in [6, 6.07) is 9.44. The van der Waals surface area contributed by atoms with Crippen LogP contribution in [0, 0.1) is 0 Å². The number of nitrogens with zero attached hydrogens (tertiary/aromatic N) is 2. The number of hydrogen-bond donors (Lipinski definition) is 0. The van der Waals surface area contributed by atoms with Crippen LogP contribution in [0.2, 0.25) is 0 Å². The first-order chi connectivity index (χ1) is 7.86. The van der Waals surface area contributed by atoms with Gasteiger partial charge in [-0.3, -0.25) is 4.98 Å². The Labute approximate surface area is 96.3 Å². The van der Waals surface area contributed by atoms with Gasteiger partial charge in [0.2, 0.25) is 0 Å². The highest BCUT2D eigenvalue weighted by Crippen LogP contribution is 2.31. The number of fused-ring (bicyclic) bond motifs is 1. The van der Waals surface area contributed by atoms with Gasteiger partial charge in [0, 0.05) is 30.1 Å². The Hall–Kier alpha value is -1.94. The molecule has 0 N–H and O–H groups in total. The zero-order chi connectivity index (χ0) is 11.0. The molecule has 0 unspecified atom stereocenters. The highest BCUT2D eigenvalue weighted by molar-refractivity contribution is 7.20. The number of aromatic nitrogens is 2. The summed E-state index contributed by atoms with van der Waals surface area (Å²) in [7, 11) is 0. The fourth-order valence-electron chi connectivity index (χ4n) is 1.62. The lowest BCUT2D eigenvalue weighted by Gasteiger charge is -1.99. The minimum Gasteiger partial charge on any atom is -0.822 e. The zero-order valence-corrected chi connectivity index (χ0v) is 9.15. The maximum Gasteiger partial charge on any atom is 0.267 e. The molecule has 0 aliphatic heterocycles. The molecular weight excluding hydrogens is 220 g/mol. The molecule has 3 nitrogen and oxygen atoms in total. The molecule has 3 rings (SSSR count). The largest absolute Gasteiger partial charge is 0.822 e. The summed E-state index contributed by atoms with van der Waals surface area (Å²) in [6.07, 6.45) is 5.19. The molecule has 0 fully saturated rings. The maximum atomic E-state index is 12.1. The van der Waals surface area contributed by atoms with Crippen molar-refractivity contribution in [3.8, 4) is 16.3 Å². The molecule has 0 bridgehead atoms. The van der Waals surface area contributed by atoms with Crippen molar-refractivity contribution in [2.75, 3.05) is 0 Å². The summed E-state index contributed by atoms with van der Waals surface area (Å²) in [5.41, 5.74) is 0.925. The van der Waals surface area contributed by atoms with Crippen molar-refractivity contribution in [2.24, 2.45) is 0 Å². The predicted octanol–water partition coefficient (Wildman–Crippen LogP) is 1.62. The molecule has 4 heteroatoms. The van der Waals surface area contributed by atoms with Crippen LogP contribution in [0.4, 0.5) is 0 Å². The molecule has 0 aromatic carbocycles. The predicted molar refractivity (Wildman–Crippen MR) is 60.2 cm³/mol. The Balaban J connectivity index is 2.29. The van der Waals surface area contributed by atoms with Gasteiger partial charge in [-0.2, -0.15) is 4.40 Å². The van der Waals surface area contributed by atoms with Gasteiger partial charge in [0.25, 0.3) is 4.83 Å². The van der Waals surface area contributed by atoms with Gasteiger partial charge >= 0.3 is 0 Å². The first kappa shape index (κ1) is 9.30. The second-order valence-corrected chi connectivity index (χ2v) is 4.41. The summed E-state index contributed by atoms with van der Waals surface area (Å²) in [6.45, 7) is 0. The Morgan fingerprint density at radius 3 is 2.69 bits per heavy atom. The normalized spacial score (nSPS) is 10.8. The summed E-state index contributed by atoms with van der Waals surface area (Å²) in [5, 5.41) is 12.1. The smallest absolute Gasteiger partial charge is 0.267 e. The first-order valence-corrected chi connectivity index (χ1v) is 5.68. The molecule has 16 heavy (non-hydrogen) atoms. The summed E-state index contributed by atoms with van der Waals surface area (Å²) >= 11 is 1.50. The van der Waals surface area contributed by atoms with Gasteiger partial charge in [0.15, 0.2) is 12.1 Å². The molecule has 0 amide bonds. The third-order valence-electron chi connectivity index (χ3n) is 2.38. The number of rotatable bonds is 1. The van der Waals surface area contributed by atoms with Crippen LogP contribution < -0.4 is 9.51 Å². The van der Waals surface area contributed by atoms with Crippen molar-refractivity contribution in [1.82, 2.24) is 4.98 Å². The van der Waals surface area contributed by atoms with Gasteiger partial charge < -0.3 is 5.11 Å². The average Bonchev–Trinajstić information content (AvgIpc) is 2.69. The molecule has 0 radical (unpaired) electrons. The van der Waals surface area contributed by atoms with E-state index in [0.717, 1.165) is 15.3 Å². The SMILES string of the molecule is [O-]c1c(-c2ccncc2)sc2cccc[n+]12. The van der Waals surface area contributed by atoms with Crippen LogP contribution in [0.15, 0.2) is 48.9 Å². The quantitative estimate of drug-likeness (QED) is 0.594. The van der Waals surface area contributed by atoms with E-state index in [4.69, 9.17) is 0 Å². The molecule has 0 spiro atoms. The average molecular weight is 228 g/mol. The van der Waals surface area contributed by atoms with Crippen molar-refractivity contribution in [3.63, 3.8) is 0 Å². The molecule has 3 aromatic heterocycles. The van der Waals surface area contributed by atoms with Crippen molar-refractivity contribution in [1.29, 1.82) is 0 Å². The van der Waals surface area contributed by atoms with Crippen LogP contribution in [0.5, 0.6) is 5.88 Å². The summed E-state index contributed by atoms with van der Waals surface area (Å²) in [4.78, 5) is 5.67. The van der Waals surface area contributed by atoms with Crippen LogP contribution in [-0.2, 0) is 0 Å². The lowest BCUT2D eigenvalue weighted by atomic mass is 10.2. The van der Waals surface area contributed by atoms with E-state index in [1.165, 1.54) is 11.3 Å². The van der Waals surface area contributed by atoms with E-state index in [9.17, 15) is 5.11 Å². The van der Waals surface area contributed by atoms with Gasteiger partial charge in [-0.25, -0.2) is 0 Å². The highest BCUT2D eigenvalue weighted by atomic mass is 32.1. The number of pyridine rings is 2. The lowest BCUT2D eigenvalue weighted by molar-refractivity contribution is -0.580. The third-order valence-corrected chi connectivity index (χ3v) is 3.54. The lowest BCUT2D eigenvalue weighted by Crippen LogP contribution is -2.22. The molecule has 3 aromatic rings. The fraction of sp³-hybridized carbons (Fsp3) is 0. The van der Waals surface area contributed by atoms with E-state index < -0.39 is 0 Å². The summed E-state index contributed by atoms with van der Waals surface area (Å²) in [5.74, 6) is 0.0341. The topological polar surface area (TPSA) is 40.1 Å². The van der Waals surface area contributed by atoms with Crippen LogP contribution in [-0.4, -0.2) is 4.98 Å². The molecular formula is C12H8N2OS. The Morgan fingerprint density at radius 2 is 1.94 bits per heavy atom. The van der Waals surface area contributed by atoms with Crippen molar-refractivity contribution in [3.05, 3.63) is 48.9 Å². The van der Waals surface area contributed by atoms with Gasteiger partial charge in [-0.15, -0.1) is 0 Å². The molecule has 0 saturated heterocycles. The van der Waals surface area contributed by atoms with Crippen molar-refractivity contribution in [2.45, 2.75) is 0 Å². The molecule has 0 saturated carbocycles. The highest BCUT2D eigenvalue weighted by Gasteiger charge is 2.13. The van der Waals surface area contributed by atoms with E-state index >= 15 is 0 Å². The molecule has 3 heterocycles. The van der Waals surface area contributed by atoms with Crippen LogP contribution >= 0.6 is 11.3 Å². The first-order valence-electron chi connectivity index (χ1n) is 4.87. The molecule has 78 valence electrons. The zero-order valence-electron chi connectivity index (χ0n) is 8.33. The van der Waals surface area contributed by atoms with Crippen LogP contribution in [0.1, 0.15) is 0 Å². The Morgan fingerprint density at radius 1 is 1.12 bits per heavy atom. The van der Waals surface area contributed by atoms with Crippen LogP contribution in [0.3, 0.4) is 0 Å². The van der Waals surface area contributed by atoms with E-state index in [1.807, 2.05) is 30.3 Å². The molecule has 0 aliphatic rings. The standard InChI is InChI=1S/C12H8N2OS/c15-12-11(9-4-6-13-7-5-9)16-10-3-1-2-8-14(10)12/h1-8H. The minimum atomic E-state index is 0.0341. The van der Waals surface area contributed by atoms with Crippen molar-refractivity contribution >= 4 is 16.2 Å². The second kappa shape index (κ2) is 3.57. The third kappa shape index (κ3) is 1.35. The van der Waals surface area contributed by atoms with Gasteiger partial charge in [0.1, 0.15) is 0 Å². The molecule has 0 atom stereocenters. The van der Waals surface area contributed by atoms with E-state index in [-0.39, 0.29) is 5.88 Å². The minimum absolute atomic E-state index is 0.0341. The van der Waals surface area contributed by atoms with E-state index in [0.29, 0.717) is 0 Å². The van der Waals surface area contributed by atoms with Crippen molar-refractivity contribution < 1.29 is 9.51 Å². The van der Waals surface area contributed by atoms with Gasteiger partial charge in [0.05, 0.1) is 4.88 Å². The number of hydrogen-bond acceptors (Lipinski definition) is 3. The van der Waals surface area contributed by atoms with E-state index in [1.54, 1.807) is 23.0 Å². The van der Waals surface area contributed by atoms with Gasteiger partial charge in [-0.1, -0.05) is 11.3 Å². The van der Waals surface area contributed by atoms with Crippen LogP contribution in [0.25, 0.3) is 15.3 Å². The Bertz CT molecular complexity index is 634. The fourth-order valence-corrected chi connectivity index (χ4v) is 2.66. The second-order valence-electron chi connectivity index (χ2n) is 3.38. The monoisotopic (exact) mass is 228 g/mol.